The van der Waals surface area contributed by atoms with Gasteiger partial charge >= 0.3 is 0 Å². The van der Waals surface area contributed by atoms with Crippen molar-refractivity contribution in [2.24, 2.45) is 0 Å². The topological polar surface area (TPSA) is 19.7 Å². The van der Waals surface area contributed by atoms with E-state index in [-0.39, 0.29) is 0 Å². The van der Waals surface area contributed by atoms with Gasteiger partial charge in [-0.05, 0) is 12.8 Å². The van der Waals surface area contributed by atoms with Crippen molar-refractivity contribution in [3.63, 3.8) is 0 Å². The lowest BCUT2D eigenvalue weighted by Gasteiger charge is -2.01. The van der Waals surface area contributed by atoms with Crippen LogP contribution in [0.1, 0.15) is 69.8 Å². The van der Waals surface area contributed by atoms with E-state index in [4.69, 9.17) is 0 Å². The van der Waals surface area contributed by atoms with Crippen LogP contribution in [-0.2, 0) is 6.54 Å². The molecular formula is C15H29N2+. The fourth-order valence-electron chi connectivity index (χ4n) is 2.37. The zero-order chi connectivity index (χ0) is 12.5. The first-order valence-corrected chi connectivity index (χ1v) is 7.29. The molecule has 0 atom stereocenters. The molecule has 1 aromatic rings. The van der Waals surface area contributed by atoms with Crippen LogP contribution in [0.15, 0.2) is 6.20 Å². The quantitative estimate of drug-likeness (QED) is 0.493. The lowest BCUT2D eigenvalue weighted by atomic mass is 10.1. The third kappa shape index (κ3) is 5.90. The van der Waals surface area contributed by atoms with Crippen molar-refractivity contribution < 1.29 is 4.57 Å². The van der Waals surface area contributed by atoms with E-state index in [1.807, 2.05) is 0 Å². The summed E-state index contributed by atoms with van der Waals surface area (Å²) in [5.41, 5.74) is 1.27. The van der Waals surface area contributed by atoms with Gasteiger partial charge in [-0.3, -0.25) is 0 Å². The highest BCUT2D eigenvalue weighted by atomic mass is 15.1. The number of imidazole rings is 1. The third-order valence-corrected chi connectivity index (χ3v) is 3.41. The average molecular weight is 237 g/mol. The fourth-order valence-corrected chi connectivity index (χ4v) is 2.37. The molecule has 1 rings (SSSR count). The van der Waals surface area contributed by atoms with Crippen molar-refractivity contribution in [1.29, 1.82) is 0 Å². The van der Waals surface area contributed by atoms with Gasteiger partial charge in [-0.2, -0.15) is 0 Å². The molecule has 1 heterocycles. The Kier molecular flexibility index (Phi) is 6.99. The van der Waals surface area contributed by atoms with Gasteiger partial charge in [0.05, 0.1) is 6.54 Å². The van der Waals surface area contributed by atoms with Crippen LogP contribution in [0, 0.1) is 13.8 Å². The molecule has 2 nitrogen and oxygen atoms in total. The molecule has 0 saturated carbocycles. The van der Waals surface area contributed by atoms with Crippen molar-refractivity contribution in [3.05, 3.63) is 17.7 Å². The number of nitrogens with one attached hydrogen (secondary N) is 1. The number of nitrogens with zero attached hydrogens (tertiary/aromatic N) is 1. The Balaban J connectivity index is 1.99. The Morgan fingerprint density at radius 2 is 1.53 bits per heavy atom. The van der Waals surface area contributed by atoms with Crippen LogP contribution < -0.4 is 4.57 Å². The first-order valence-electron chi connectivity index (χ1n) is 7.29. The number of aromatic amines is 1. The van der Waals surface area contributed by atoms with Crippen LogP contribution >= 0.6 is 0 Å². The molecule has 0 radical (unpaired) electrons. The van der Waals surface area contributed by atoms with E-state index in [1.165, 1.54) is 69.4 Å². The largest absolute Gasteiger partial charge is 0.251 e. The van der Waals surface area contributed by atoms with E-state index >= 15 is 0 Å². The lowest BCUT2D eigenvalue weighted by molar-refractivity contribution is -0.702. The van der Waals surface area contributed by atoms with E-state index in [0.717, 1.165) is 0 Å². The molecule has 0 aliphatic rings. The summed E-state index contributed by atoms with van der Waals surface area (Å²) in [7, 11) is 0. The monoisotopic (exact) mass is 237 g/mol. The summed E-state index contributed by atoms with van der Waals surface area (Å²) >= 11 is 0. The maximum Gasteiger partial charge on any atom is 0.251 e. The molecule has 98 valence electrons. The minimum absolute atomic E-state index is 1.17. The zero-order valence-electron chi connectivity index (χ0n) is 11.9. The van der Waals surface area contributed by atoms with Crippen molar-refractivity contribution in [1.82, 2.24) is 4.98 Å². The molecular weight excluding hydrogens is 208 g/mol. The Hall–Kier alpha value is -0.790. The highest BCUT2D eigenvalue weighted by Crippen LogP contribution is 2.08. The minimum Gasteiger partial charge on any atom is -0.245 e. The molecule has 0 aromatic carbocycles. The van der Waals surface area contributed by atoms with E-state index in [9.17, 15) is 0 Å². The zero-order valence-corrected chi connectivity index (χ0v) is 11.9. The van der Waals surface area contributed by atoms with Crippen molar-refractivity contribution in [3.8, 4) is 0 Å². The first-order chi connectivity index (χ1) is 8.24. The molecule has 0 unspecified atom stereocenters. The Morgan fingerprint density at radius 1 is 0.941 bits per heavy atom. The molecule has 0 amide bonds. The summed E-state index contributed by atoms with van der Waals surface area (Å²) in [5, 5.41) is 0. The molecule has 0 saturated heterocycles. The van der Waals surface area contributed by atoms with Gasteiger partial charge in [-0.1, -0.05) is 45.4 Å². The maximum atomic E-state index is 3.35. The third-order valence-electron chi connectivity index (χ3n) is 3.41. The van der Waals surface area contributed by atoms with Crippen LogP contribution in [0.4, 0.5) is 0 Å². The van der Waals surface area contributed by atoms with E-state index < -0.39 is 0 Å². The second-order valence-electron chi connectivity index (χ2n) is 5.19. The Bertz CT molecular complexity index is 302. The number of hydrogen-bond acceptors (Lipinski definition) is 0. The average Bonchev–Trinajstić information content (AvgIpc) is 2.61. The molecule has 0 fully saturated rings. The van der Waals surface area contributed by atoms with Crippen LogP contribution in [0.25, 0.3) is 0 Å². The summed E-state index contributed by atoms with van der Waals surface area (Å²) in [5.74, 6) is 1.28. The minimum atomic E-state index is 1.17. The summed E-state index contributed by atoms with van der Waals surface area (Å²) in [6, 6.07) is 0. The van der Waals surface area contributed by atoms with Crippen molar-refractivity contribution in [2.75, 3.05) is 0 Å². The number of rotatable bonds is 9. The highest BCUT2D eigenvalue weighted by molar-refractivity contribution is 4.88. The van der Waals surface area contributed by atoms with Crippen LogP contribution in [0.3, 0.4) is 0 Å². The first kappa shape index (κ1) is 14.3. The van der Waals surface area contributed by atoms with Crippen LogP contribution in [0.5, 0.6) is 0 Å². The number of unbranched alkanes of at least 4 members (excludes halogenated alkanes) is 7. The molecule has 17 heavy (non-hydrogen) atoms. The van der Waals surface area contributed by atoms with Gasteiger partial charge in [-0.15, -0.1) is 0 Å². The fraction of sp³-hybridized carbons (Fsp3) is 0.800. The molecule has 1 aromatic heterocycles. The second-order valence-corrected chi connectivity index (χ2v) is 5.19. The van der Waals surface area contributed by atoms with Gasteiger partial charge in [0.1, 0.15) is 11.9 Å². The summed E-state index contributed by atoms with van der Waals surface area (Å²) in [6.45, 7) is 7.72. The molecule has 0 spiro atoms. The summed E-state index contributed by atoms with van der Waals surface area (Å²) < 4.78 is 2.34. The van der Waals surface area contributed by atoms with Crippen molar-refractivity contribution >= 4 is 0 Å². The predicted molar refractivity (Wildman–Crippen MR) is 73.1 cm³/mol. The molecule has 0 aliphatic heterocycles. The standard InChI is InChI=1S/C15H28N2/c1-4-5-6-7-8-9-10-11-12-17-13-14(2)16-15(17)3/h13H,4-12H2,1-3H3/p+1. The smallest absolute Gasteiger partial charge is 0.245 e. The number of aromatic nitrogens is 2. The highest BCUT2D eigenvalue weighted by Gasteiger charge is 2.06. The normalized spacial score (nSPS) is 11.0. The van der Waals surface area contributed by atoms with Gasteiger partial charge in [-0.25, -0.2) is 9.55 Å². The van der Waals surface area contributed by atoms with Gasteiger partial charge in [0.2, 0.25) is 0 Å². The molecule has 2 heteroatoms. The van der Waals surface area contributed by atoms with Crippen LogP contribution in [-0.4, -0.2) is 4.98 Å². The van der Waals surface area contributed by atoms with E-state index in [1.54, 1.807) is 0 Å². The van der Waals surface area contributed by atoms with Crippen molar-refractivity contribution in [2.45, 2.75) is 78.7 Å². The lowest BCUT2D eigenvalue weighted by Crippen LogP contribution is -2.34. The second kappa shape index (κ2) is 8.32. The van der Waals surface area contributed by atoms with Gasteiger partial charge in [0.15, 0.2) is 0 Å². The Morgan fingerprint density at radius 3 is 2.06 bits per heavy atom. The molecule has 0 aliphatic carbocycles. The molecule has 0 bridgehead atoms. The SMILES string of the molecule is CCCCCCCCCC[n+]1cc(C)[nH]c1C. The number of hydrogen-bond donors (Lipinski definition) is 1. The molecule has 1 N–H and O–H groups in total. The van der Waals surface area contributed by atoms with E-state index in [2.05, 4.69) is 36.5 Å². The maximum absolute atomic E-state index is 3.35. The van der Waals surface area contributed by atoms with Gasteiger partial charge in [0, 0.05) is 13.8 Å². The van der Waals surface area contributed by atoms with Gasteiger partial charge < -0.3 is 0 Å². The number of H-pyrrole nitrogens is 1. The van der Waals surface area contributed by atoms with Gasteiger partial charge in [0.25, 0.3) is 5.82 Å². The van der Waals surface area contributed by atoms with Crippen LogP contribution in [0.2, 0.25) is 0 Å². The summed E-state index contributed by atoms with van der Waals surface area (Å²) in [4.78, 5) is 3.35. The predicted octanol–water partition coefficient (Wildman–Crippen LogP) is 4.06. The Labute approximate surface area is 106 Å². The van der Waals surface area contributed by atoms with E-state index in [0.29, 0.717) is 0 Å². The number of aryl methyl sites for hydroxylation is 3. The summed E-state index contributed by atoms with van der Waals surface area (Å²) in [6.07, 6.45) is 13.4.